The molecule has 0 amide bonds. The van der Waals surface area contributed by atoms with Gasteiger partial charge >= 0.3 is 5.97 Å². The number of H-pyrrole nitrogens is 1. The summed E-state index contributed by atoms with van der Waals surface area (Å²) in [6.45, 7) is 0. The number of nitrogens with one attached hydrogen (secondary N) is 1. The fraction of sp³-hybridized carbons (Fsp3) is 0. The Bertz CT molecular complexity index is 634. The van der Waals surface area contributed by atoms with E-state index in [1.807, 2.05) is 0 Å². The van der Waals surface area contributed by atoms with Crippen molar-refractivity contribution in [2.24, 2.45) is 0 Å². The van der Waals surface area contributed by atoms with Crippen molar-refractivity contribution in [1.29, 1.82) is 0 Å². The van der Waals surface area contributed by atoms with Gasteiger partial charge in [-0.2, -0.15) is 0 Å². The summed E-state index contributed by atoms with van der Waals surface area (Å²) in [7, 11) is 0. The van der Waals surface area contributed by atoms with Gasteiger partial charge in [0.05, 0.1) is 16.3 Å². The van der Waals surface area contributed by atoms with Crippen molar-refractivity contribution in [3.63, 3.8) is 0 Å². The highest BCUT2D eigenvalue weighted by atomic mass is 35.5. The molecule has 1 aromatic heterocycles. The average molecular weight is 284 g/mol. The lowest BCUT2D eigenvalue weighted by Crippen LogP contribution is -2.02. The second-order valence-corrected chi connectivity index (χ2v) is 4.40. The standard InChI is InChI=1S/C12H7Cl2NO3/c13-7-1-2-8(9(14)4-7)11(16)10-3-6(5-15-10)12(17)18/h1-5,15H,(H,17,18). The van der Waals surface area contributed by atoms with Gasteiger partial charge in [0.1, 0.15) is 0 Å². The van der Waals surface area contributed by atoms with Gasteiger partial charge in [-0.3, -0.25) is 4.79 Å². The van der Waals surface area contributed by atoms with Crippen LogP contribution in [0.1, 0.15) is 26.4 Å². The maximum atomic E-state index is 12.1. The quantitative estimate of drug-likeness (QED) is 0.850. The number of aromatic amines is 1. The number of carboxylic acids is 1. The van der Waals surface area contributed by atoms with Crippen LogP contribution >= 0.6 is 23.2 Å². The van der Waals surface area contributed by atoms with Gasteiger partial charge in [0.15, 0.2) is 0 Å². The summed E-state index contributed by atoms with van der Waals surface area (Å²) in [5, 5.41) is 9.41. The number of ketones is 1. The van der Waals surface area contributed by atoms with E-state index in [4.69, 9.17) is 28.3 Å². The summed E-state index contributed by atoms with van der Waals surface area (Å²) >= 11 is 11.6. The Morgan fingerprint density at radius 2 is 1.89 bits per heavy atom. The lowest BCUT2D eigenvalue weighted by molar-refractivity contribution is 0.0697. The maximum Gasteiger partial charge on any atom is 0.337 e. The second-order valence-electron chi connectivity index (χ2n) is 3.56. The smallest absolute Gasteiger partial charge is 0.337 e. The molecular weight excluding hydrogens is 277 g/mol. The molecule has 1 heterocycles. The summed E-state index contributed by atoms with van der Waals surface area (Å²) in [5.74, 6) is -1.49. The van der Waals surface area contributed by atoms with E-state index in [0.29, 0.717) is 5.02 Å². The van der Waals surface area contributed by atoms with Crippen LogP contribution in [-0.4, -0.2) is 21.8 Å². The van der Waals surface area contributed by atoms with E-state index in [2.05, 4.69) is 4.98 Å². The van der Waals surface area contributed by atoms with Gasteiger partial charge in [0.25, 0.3) is 0 Å². The minimum Gasteiger partial charge on any atom is -0.478 e. The monoisotopic (exact) mass is 283 g/mol. The van der Waals surface area contributed by atoms with Gasteiger partial charge in [-0.25, -0.2) is 4.79 Å². The van der Waals surface area contributed by atoms with Crippen LogP contribution in [0.5, 0.6) is 0 Å². The molecule has 0 radical (unpaired) electrons. The molecule has 0 saturated heterocycles. The Balaban J connectivity index is 2.38. The van der Waals surface area contributed by atoms with Crippen molar-refractivity contribution < 1.29 is 14.7 Å². The van der Waals surface area contributed by atoms with Gasteiger partial charge in [0, 0.05) is 16.8 Å². The third-order valence-electron chi connectivity index (χ3n) is 2.35. The van der Waals surface area contributed by atoms with E-state index in [1.165, 1.54) is 24.4 Å². The molecule has 1 aromatic carbocycles. The largest absolute Gasteiger partial charge is 0.478 e. The Morgan fingerprint density at radius 3 is 2.44 bits per heavy atom. The highest BCUT2D eigenvalue weighted by Crippen LogP contribution is 2.23. The summed E-state index contributed by atoms with van der Waals surface area (Å²) in [5.41, 5.74) is 0.444. The normalized spacial score (nSPS) is 10.3. The average Bonchev–Trinajstić information content (AvgIpc) is 2.77. The van der Waals surface area contributed by atoms with Crippen LogP contribution in [0.4, 0.5) is 0 Å². The first-order chi connectivity index (χ1) is 8.49. The SMILES string of the molecule is O=C(O)c1c[nH]c(C(=O)c2ccc(Cl)cc2Cl)c1. The van der Waals surface area contributed by atoms with Crippen LogP contribution < -0.4 is 0 Å². The van der Waals surface area contributed by atoms with Crippen molar-refractivity contribution in [2.75, 3.05) is 0 Å². The van der Waals surface area contributed by atoms with E-state index in [1.54, 1.807) is 6.07 Å². The van der Waals surface area contributed by atoms with Gasteiger partial charge < -0.3 is 10.1 Å². The van der Waals surface area contributed by atoms with E-state index in [9.17, 15) is 9.59 Å². The van der Waals surface area contributed by atoms with E-state index < -0.39 is 5.97 Å². The van der Waals surface area contributed by atoms with Gasteiger partial charge in [-0.1, -0.05) is 23.2 Å². The fourth-order valence-electron chi connectivity index (χ4n) is 1.47. The number of carboxylic acid groups (broad SMARTS) is 1. The highest BCUT2D eigenvalue weighted by Gasteiger charge is 2.16. The Kier molecular flexibility index (Phi) is 3.41. The van der Waals surface area contributed by atoms with Crippen molar-refractivity contribution in [3.8, 4) is 0 Å². The van der Waals surface area contributed by atoms with Crippen molar-refractivity contribution in [2.45, 2.75) is 0 Å². The summed E-state index contributed by atoms with van der Waals surface area (Å²) in [4.78, 5) is 25.4. The van der Waals surface area contributed by atoms with Gasteiger partial charge in [-0.05, 0) is 24.3 Å². The van der Waals surface area contributed by atoms with Crippen LogP contribution in [-0.2, 0) is 0 Å². The molecular formula is C12H7Cl2NO3. The first-order valence-electron chi connectivity index (χ1n) is 4.90. The lowest BCUT2D eigenvalue weighted by Gasteiger charge is -2.01. The minimum atomic E-state index is -1.10. The summed E-state index contributed by atoms with van der Waals surface area (Å²) in [6.07, 6.45) is 1.25. The highest BCUT2D eigenvalue weighted by molar-refractivity contribution is 6.37. The Hall–Kier alpha value is -1.78. The fourth-order valence-corrected chi connectivity index (χ4v) is 1.96. The van der Waals surface area contributed by atoms with E-state index in [0.717, 1.165) is 0 Å². The molecule has 18 heavy (non-hydrogen) atoms. The molecule has 2 rings (SSSR count). The molecule has 0 bridgehead atoms. The van der Waals surface area contributed by atoms with Gasteiger partial charge in [-0.15, -0.1) is 0 Å². The third kappa shape index (κ3) is 2.39. The van der Waals surface area contributed by atoms with Crippen LogP contribution in [0, 0.1) is 0 Å². The van der Waals surface area contributed by atoms with Gasteiger partial charge in [0.2, 0.25) is 5.78 Å². The molecule has 4 nitrogen and oxygen atoms in total. The first-order valence-corrected chi connectivity index (χ1v) is 5.66. The zero-order valence-electron chi connectivity index (χ0n) is 8.91. The zero-order valence-corrected chi connectivity index (χ0v) is 10.4. The van der Waals surface area contributed by atoms with Crippen molar-refractivity contribution in [1.82, 2.24) is 4.98 Å². The van der Waals surface area contributed by atoms with Crippen LogP contribution in [0.25, 0.3) is 0 Å². The third-order valence-corrected chi connectivity index (χ3v) is 2.90. The minimum absolute atomic E-state index is 0.0171. The van der Waals surface area contributed by atoms with E-state index >= 15 is 0 Å². The zero-order chi connectivity index (χ0) is 13.3. The molecule has 0 fully saturated rings. The first kappa shape index (κ1) is 12.7. The molecule has 0 aliphatic rings. The van der Waals surface area contributed by atoms with Crippen molar-refractivity contribution >= 4 is 35.0 Å². The number of benzene rings is 1. The number of hydrogen-bond donors (Lipinski definition) is 2. The Labute approximate surface area is 112 Å². The number of carbonyl (C=O) groups is 2. The molecule has 0 spiro atoms. The number of hydrogen-bond acceptors (Lipinski definition) is 2. The van der Waals surface area contributed by atoms with Crippen LogP contribution in [0.3, 0.4) is 0 Å². The molecule has 6 heteroatoms. The number of rotatable bonds is 3. The topological polar surface area (TPSA) is 70.2 Å². The molecule has 0 saturated carbocycles. The molecule has 0 aliphatic carbocycles. The molecule has 92 valence electrons. The molecule has 0 aliphatic heterocycles. The number of aromatic nitrogens is 1. The molecule has 0 unspecified atom stereocenters. The van der Waals surface area contributed by atoms with Crippen LogP contribution in [0.15, 0.2) is 30.5 Å². The second kappa shape index (κ2) is 4.84. The van der Waals surface area contributed by atoms with E-state index in [-0.39, 0.29) is 27.6 Å². The predicted octanol–water partition coefficient (Wildman–Crippen LogP) is 3.25. The molecule has 0 atom stereocenters. The molecule has 2 aromatic rings. The van der Waals surface area contributed by atoms with Crippen molar-refractivity contribution in [3.05, 3.63) is 57.3 Å². The number of carbonyl (C=O) groups excluding carboxylic acids is 1. The predicted molar refractivity (Wildman–Crippen MR) is 67.6 cm³/mol. The molecule has 2 N–H and O–H groups in total. The summed E-state index contributed by atoms with van der Waals surface area (Å²) in [6, 6.07) is 5.75. The lowest BCUT2D eigenvalue weighted by atomic mass is 10.1. The summed E-state index contributed by atoms with van der Waals surface area (Å²) < 4.78 is 0. The number of halogens is 2. The number of aromatic carboxylic acids is 1. The maximum absolute atomic E-state index is 12.1. The van der Waals surface area contributed by atoms with Crippen LogP contribution in [0.2, 0.25) is 10.0 Å². The Morgan fingerprint density at radius 1 is 1.17 bits per heavy atom.